The molecule has 172 valence electrons. The zero-order valence-corrected chi connectivity index (χ0v) is 20.2. The van der Waals surface area contributed by atoms with Crippen molar-refractivity contribution < 1.29 is 13.2 Å². The first-order valence-corrected chi connectivity index (χ1v) is 12.8. The Bertz CT molecular complexity index is 1250. The Morgan fingerprint density at radius 2 is 1.61 bits per heavy atom. The molecular weight excluding hydrogens is 432 g/mol. The van der Waals surface area contributed by atoms with Crippen LogP contribution in [0.3, 0.4) is 0 Å². The van der Waals surface area contributed by atoms with Gasteiger partial charge in [0.2, 0.25) is 5.91 Å². The number of nitrogens with one attached hydrogen (secondary N) is 1. The summed E-state index contributed by atoms with van der Waals surface area (Å²) in [6, 6.07) is 19.9. The number of rotatable bonds is 7. The second-order valence-electron chi connectivity index (χ2n) is 8.84. The van der Waals surface area contributed by atoms with Gasteiger partial charge in [-0.05, 0) is 92.1 Å². The average Bonchev–Trinajstić information content (AvgIpc) is 3.25. The summed E-state index contributed by atoms with van der Waals surface area (Å²) in [5, 5.41) is 3.00. The molecule has 5 nitrogen and oxygen atoms in total. The maximum absolute atomic E-state index is 13.5. The highest BCUT2D eigenvalue weighted by atomic mass is 32.2. The summed E-state index contributed by atoms with van der Waals surface area (Å²) < 4.78 is 28.2. The van der Waals surface area contributed by atoms with Crippen molar-refractivity contribution in [3.05, 3.63) is 94.5 Å². The number of carbonyl (C=O) groups excluding carboxylic acids is 1. The number of carbonyl (C=O) groups is 1. The van der Waals surface area contributed by atoms with E-state index in [4.69, 9.17) is 0 Å². The number of hydrogen-bond donors (Lipinski definition) is 1. The summed E-state index contributed by atoms with van der Waals surface area (Å²) in [7, 11) is -3.92. The minimum Gasteiger partial charge on any atom is -0.348 e. The predicted molar refractivity (Wildman–Crippen MR) is 132 cm³/mol. The molecular formula is C27H30N2O3S. The molecule has 1 aliphatic carbocycles. The molecule has 3 aromatic rings. The highest BCUT2D eigenvalue weighted by molar-refractivity contribution is 7.92. The van der Waals surface area contributed by atoms with Crippen LogP contribution in [0.15, 0.2) is 71.6 Å². The lowest BCUT2D eigenvalue weighted by molar-refractivity contribution is -0.120. The van der Waals surface area contributed by atoms with Crippen molar-refractivity contribution in [3.63, 3.8) is 0 Å². The van der Waals surface area contributed by atoms with E-state index < -0.39 is 10.0 Å². The van der Waals surface area contributed by atoms with Crippen molar-refractivity contribution in [1.82, 2.24) is 5.32 Å². The van der Waals surface area contributed by atoms with Crippen molar-refractivity contribution in [2.75, 3.05) is 10.8 Å². The van der Waals surface area contributed by atoms with Gasteiger partial charge in [0, 0.05) is 0 Å². The van der Waals surface area contributed by atoms with E-state index in [1.54, 1.807) is 42.5 Å². The molecule has 0 saturated carbocycles. The van der Waals surface area contributed by atoms with Crippen LogP contribution in [0.5, 0.6) is 0 Å². The minimum absolute atomic E-state index is 0.156. The lowest BCUT2D eigenvalue weighted by Gasteiger charge is -2.26. The van der Waals surface area contributed by atoms with E-state index in [1.807, 2.05) is 26.8 Å². The first-order valence-electron chi connectivity index (χ1n) is 11.3. The number of anilines is 1. The fourth-order valence-electron chi connectivity index (χ4n) is 4.49. The average molecular weight is 463 g/mol. The maximum Gasteiger partial charge on any atom is 0.264 e. The van der Waals surface area contributed by atoms with Crippen molar-refractivity contribution in [2.24, 2.45) is 0 Å². The number of nitrogens with zero attached hydrogens (tertiary/aromatic N) is 1. The van der Waals surface area contributed by atoms with Crippen LogP contribution < -0.4 is 9.62 Å². The summed E-state index contributed by atoms with van der Waals surface area (Å²) in [6.45, 7) is 5.47. The molecule has 3 aromatic carbocycles. The van der Waals surface area contributed by atoms with Crippen molar-refractivity contribution >= 4 is 21.6 Å². The SMILES string of the molecule is Cc1cc(C)cc(N(CC(=O)NC(C)c2ccc3c(c2)CCC3)S(=O)(=O)c2ccccc2)c1. The topological polar surface area (TPSA) is 66.5 Å². The molecule has 6 heteroatoms. The lowest BCUT2D eigenvalue weighted by Crippen LogP contribution is -2.41. The zero-order chi connectivity index (χ0) is 23.6. The third kappa shape index (κ3) is 5.11. The molecule has 0 bridgehead atoms. The van der Waals surface area contributed by atoms with Crippen molar-refractivity contribution in [1.29, 1.82) is 0 Å². The second-order valence-corrected chi connectivity index (χ2v) is 10.7. The van der Waals surface area contributed by atoms with Gasteiger partial charge in [-0.1, -0.05) is 42.5 Å². The molecule has 1 amide bonds. The van der Waals surface area contributed by atoms with E-state index in [-0.39, 0.29) is 23.4 Å². The van der Waals surface area contributed by atoms with Crippen LogP contribution in [-0.4, -0.2) is 20.9 Å². The monoisotopic (exact) mass is 462 g/mol. The summed E-state index contributed by atoms with van der Waals surface area (Å²) >= 11 is 0. The smallest absolute Gasteiger partial charge is 0.264 e. The van der Waals surface area contributed by atoms with Gasteiger partial charge in [0.25, 0.3) is 10.0 Å². The van der Waals surface area contributed by atoms with Crippen molar-refractivity contribution in [3.8, 4) is 0 Å². The third-order valence-corrected chi connectivity index (χ3v) is 7.90. The van der Waals surface area contributed by atoms with Crippen LogP contribution in [-0.2, 0) is 27.7 Å². The Hall–Kier alpha value is -3.12. The summed E-state index contributed by atoms with van der Waals surface area (Å²) in [5.41, 5.74) is 6.12. The van der Waals surface area contributed by atoms with Gasteiger partial charge in [-0.25, -0.2) is 8.42 Å². The van der Waals surface area contributed by atoms with Gasteiger partial charge >= 0.3 is 0 Å². The van der Waals surface area contributed by atoms with E-state index >= 15 is 0 Å². The number of benzene rings is 3. The van der Waals surface area contributed by atoms with Crippen LogP contribution in [0, 0.1) is 13.8 Å². The van der Waals surface area contributed by atoms with E-state index in [0.717, 1.165) is 29.5 Å². The van der Waals surface area contributed by atoms with Gasteiger partial charge < -0.3 is 5.32 Å². The standard InChI is InChI=1S/C27H30N2O3S/c1-19-14-20(2)16-25(15-19)29(33(31,32)26-10-5-4-6-11-26)18-27(30)28-21(3)23-13-12-22-8-7-9-24(22)17-23/h4-6,10-17,21H,7-9,18H2,1-3H3,(H,28,30). The largest absolute Gasteiger partial charge is 0.348 e. The van der Waals surface area contributed by atoms with Crippen LogP contribution in [0.25, 0.3) is 0 Å². The number of aryl methyl sites for hydroxylation is 4. The quantitative estimate of drug-likeness (QED) is 0.545. The van der Waals surface area contributed by atoms with E-state index in [1.165, 1.54) is 21.9 Å². The fourth-order valence-corrected chi connectivity index (χ4v) is 5.92. The second kappa shape index (κ2) is 9.40. The van der Waals surface area contributed by atoms with E-state index in [0.29, 0.717) is 5.69 Å². The molecule has 0 aliphatic heterocycles. The number of sulfonamides is 1. The summed E-state index contributed by atoms with van der Waals surface area (Å²) in [6.07, 6.45) is 3.35. The predicted octanol–water partition coefficient (Wildman–Crippen LogP) is 4.86. The Morgan fingerprint density at radius 3 is 2.30 bits per heavy atom. The molecule has 1 atom stereocenters. The molecule has 33 heavy (non-hydrogen) atoms. The Morgan fingerprint density at radius 1 is 0.939 bits per heavy atom. The van der Waals surface area contributed by atoms with Crippen LogP contribution in [0.2, 0.25) is 0 Å². The molecule has 1 N–H and O–H groups in total. The minimum atomic E-state index is -3.92. The third-order valence-electron chi connectivity index (χ3n) is 6.11. The normalized spacial score (nSPS) is 13.9. The molecule has 0 radical (unpaired) electrons. The lowest BCUT2D eigenvalue weighted by atomic mass is 10.0. The Labute approximate surface area is 196 Å². The van der Waals surface area contributed by atoms with E-state index in [9.17, 15) is 13.2 Å². The molecule has 0 spiro atoms. The highest BCUT2D eigenvalue weighted by Crippen LogP contribution is 2.27. The number of amides is 1. The Kier molecular flexibility index (Phi) is 6.56. The van der Waals surface area contributed by atoms with Crippen LogP contribution in [0.1, 0.15) is 47.2 Å². The number of fused-ring (bicyclic) bond motifs is 1. The molecule has 0 fully saturated rings. The van der Waals surface area contributed by atoms with Gasteiger partial charge in [0.05, 0.1) is 16.6 Å². The first kappa shape index (κ1) is 23.1. The molecule has 4 rings (SSSR count). The van der Waals surface area contributed by atoms with Gasteiger partial charge in [0.15, 0.2) is 0 Å². The molecule has 0 heterocycles. The first-order chi connectivity index (χ1) is 15.7. The molecule has 0 aromatic heterocycles. The molecule has 0 saturated heterocycles. The molecule has 1 unspecified atom stereocenters. The number of hydrogen-bond acceptors (Lipinski definition) is 3. The van der Waals surface area contributed by atoms with Gasteiger partial charge in [-0.3, -0.25) is 9.10 Å². The highest BCUT2D eigenvalue weighted by Gasteiger charge is 2.28. The van der Waals surface area contributed by atoms with E-state index in [2.05, 4.69) is 23.5 Å². The maximum atomic E-state index is 13.5. The Balaban J connectivity index is 1.60. The van der Waals surface area contributed by atoms with Crippen LogP contribution >= 0.6 is 0 Å². The van der Waals surface area contributed by atoms with Crippen molar-refractivity contribution in [2.45, 2.75) is 51.0 Å². The fraction of sp³-hybridized carbons (Fsp3) is 0.296. The zero-order valence-electron chi connectivity index (χ0n) is 19.3. The van der Waals surface area contributed by atoms with Crippen LogP contribution in [0.4, 0.5) is 5.69 Å². The summed E-state index contributed by atoms with van der Waals surface area (Å²) in [4.78, 5) is 13.2. The molecule has 1 aliphatic rings. The van der Waals surface area contributed by atoms with Gasteiger partial charge in [-0.15, -0.1) is 0 Å². The summed E-state index contributed by atoms with van der Waals surface area (Å²) in [5.74, 6) is -0.346. The van der Waals surface area contributed by atoms with Gasteiger partial charge in [0.1, 0.15) is 6.54 Å². The van der Waals surface area contributed by atoms with Gasteiger partial charge in [-0.2, -0.15) is 0 Å².